The second-order valence-corrected chi connectivity index (χ2v) is 6.27. The molecule has 1 saturated heterocycles. The zero-order chi connectivity index (χ0) is 13.9. The molecule has 0 radical (unpaired) electrons. The van der Waals surface area contributed by atoms with Crippen molar-refractivity contribution in [3.63, 3.8) is 0 Å². The molecule has 2 unspecified atom stereocenters. The molecule has 1 amide bonds. The van der Waals surface area contributed by atoms with Gasteiger partial charge in [-0.1, -0.05) is 12.8 Å². The van der Waals surface area contributed by atoms with E-state index < -0.39 is 0 Å². The first kappa shape index (κ1) is 14.8. The summed E-state index contributed by atoms with van der Waals surface area (Å²) >= 11 is 0. The number of likely N-dealkylation sites (tertiary alicyclic amines) is 1. The fraction of sp³-hybridized carbons (Fsp3) is 0.933. The highest BCUT2D eigenvalue weighted by molar-refractivity contribution is 5.83. The fourth-order valence-electron chi connectivity index (χ4n) is 3.62. The lowest BCUT2D eigenvalue weighted by atomic mass is 9.81. The number of carbonyl (C=O) groups excluding carboxylic acids is 1. The summed E-state index contributed by atoms with van der Waals surface area (Å²) in [6.07, 6.45) is 5.79. The molecule has 0 spiro atoms. The van der Waals surface area contributed by atoms with E-state index in [2.05, 4.69) is 0 Å². The smallest absolute Gasteiger partial charge is 0.228 e. The Morgan fingerprint density at radius 2 is 2.16 bits per heavy atom. The Morgan fingerprint density at radius 1 is 1.47 bits per heavy atom. The molecule has 2 rings (SSSR count). The lowest BCUT2D eigenvalue weighted by molar-refractivity contribution is -0.142. The Labute approximate surface area is 116 Å². The first-order valence-corrected chi connectivity index (χ1v) is 7.55. The van der Waals surface area contributed by atoms with Crippen LogP contribution in [-0.4, -0.2) is 48.8 Å². The summed E-state index contributed by atoms with van der Waals surface area (Å²) in [4.78, 5) is 14.8. The summed E-state index contributed by atoms with van der Waals surface area (Å²) in [5.41, 5.74) is -0.177. The number of ether oxygens (including phenoxy) is 1. The second kappa shape index (κ2) is 6.23. The van der Waals surface area contributed by atoms with Crippen molar-refractivity contribution in [3.8, 4) is 0 Å². The molecule has 19 heavy (non-hydrogen) atoms. The molecule has 1 N–H and O–H groups in total. The van der Waals surface area contributed by atoms with Crippen molar-refractivity contribution in [1.82, 2.24) is 4.90 Å². The summed E-state index contributed by atoms with van der Waals surface area (Å²) in [5, 5.41) is 9.66. The van der Waals surface area contributed by atoms with Gasteiger partial charge in [-0.2, -0.15) is 0 Å². The van der Waals surface area contributed by atoms with Crippen molar-refractivity contribution < 1.29 is 14.6 Å². The zero-order valence-corrected chi connectivity index (χ0v) is 12.2. The van der Waals surface area contributed by atoms with Crippen LogP contribution in [0.2, 0.25) is 0 Å². The molecule has 1 aliphatic carbocycles. The highest BCUT2D eigenvalue weighted by atomic mass is 16.5. The molecule has 4 heteroatoms. The molecule has 4 nitrogen and oxygen atoms in total. The Bertz CT molecular complexity index is 311. The van der Waals surface area contributed by atoms with E-state index in [4.69, 9.17) is 4.74 Å². The largest absolute Gasteiger partial charge is 0.393 e. The molecular formula is C15H27NO3. The Kier molecular flexibility index (Phi) is 4.85. The average Bonchev–Trinajstić information content (AvgIpc) is 3.05. The number of nitrogens with zero attached hydrogens (tertiary/aromatic N) is 1. The van der Waals surface area contributed by atoms with Gasteiger partial charge in [0.25, 0.3) is 0 Å². The van der Waals surface area contributed by atoms with Crippen LogP contribution in [0.4, 0.5) is 0 Å². The van der Waals surface area contributed by atoms with Crippen LogP contribution < -0.4 is 0 Å². The van der Waals surface area contributed by atoms with Gasteiger partial charge < -0.3 is 14.7 Å². The van der Waals surface area contributed by atoms with Gasteiger partial charge in [0, 0.05) is 32.7 Å². The fourth-order valence-corrected chi connectivity index (χ4v) is 3.62. The molecule has 2 fully saturated rings. The van der Waals surface area contributed by atoms with E-state index in [0.29, 0.717) is 12.5 Å². The van der Waals surface area contributed by atoms with Crippen molar-refractivity contribution in [3.05, 3.63) is 0 Å². The molecule has 2 atom stereocenters. The Balaban J connectivity index is 2.00. The number of hydrogen-bond donors (Lipinski definition) is 1. The van der Waals surface area contributed by atoms with Gasteiger partial charge in [-0.25, -0.2) is 0 Å². The zero-order valence-electron chi connectivity index (χ0n) is 12.2. The maximum absolute atomic E-state index is 12.8. The molecular weight excluding hydrogens is 242 g/mol. The van der Waals surface area contributed by atoms with Gasteiger partial charge in [-0.05, 0) is 32.6 Å². The van der Waals surface area contributed by atoms with Gasteiger partial charge >= 0.3 is 0 Å². The van der Waals surface area contributed by atoms with E-state index in [0.717, 1.165) is 51.6 Å². The minimum Gasteiger partial charge on any atom is -0.393 e. The maximum Gasteiger partial charge on any atom is 0.228 e. The first-order chi connectivity index (χ1) is 9.09. The maximum atomic E-state index is 12.8. The Hall–Kier alpha value is -0.610. The number of hydrogen-bond acceptors (Lipinski definition) is 3. The van der Waals surface area contributed by atoms with Crippen LogP contribution >= 0.6 is 0 Å². The minimum absolute atomic E-state index is 0.177. The van der Waals surface area contributed by atoms with Crippen LogP contribution in [0.5, 0.6) is 0 Å². The highest BCUT2D eigenvalue weighted by Gasteiger charge is 2.44. The molecule has 2 aliphatic rings. The number of aliphatic hydroxyl groups is 1. The van der Waals surface area contributed by atoms with E-state index in [1.54, 1.807) is 7.11 Å². The average molecular weight is 269 g/mol. The van der Waals surface area contributed by atoms with Crippen molar-refractivity contribution in [2.45, 2.75) is 51.6 Å². The van der Waals surface area contributed by atoms with Gasteiger partial charge in [-0.3, -0.25) is 4.79 Å². The lowest BCUT2D eigenvalue weighted by Crippen LogP contribution is -2.42. The lowest BCUT2D eigenvalue weighted by Gasteiger charge is -2.32. The quantitative estimate of drug-likeness (QED) is 0.828. The molecule has 1 heterocycles. The highest BCUT2D eigenvalue weighted by Crippen LogP contribution is 2.43. The van der Waals surface area contributed by atoms with Gasteiger partial charge in [0.1, 0.15) is 0 Å². The molecule has 1 saturated carbocycles. The third-order valence-corrected chi connectivity index (χ3v) is 4.99. The van der Waals surface area contributed by atoms with Crippen LogP contribution in [0.25, 0.3) is 0 Å². The minimum atomic E-state index is -0.309. The summed E-state index contributed by atoms with van der Waals surface area (Å²) in [5.74, 6) is 0.565. The summed E-state index contributed by atoms with van der Waals surface area (Å²) < 4.78 is 5.19. The van der Waals surface area contributed by atoms with Crippen molar-refractivity contribution in [1.29, 1.82) is 0 Å². The standard InChI is InChI=1S/C15H27NO3/c1-12(17)13-5-9-16(11-13)14(18)15(8-10-19-2)6-3-4-7-15/h12-13,17H,3-11H2,1-2H3. The molecule has 110 valence electrons. The van der Waals surface area contributed by atoms with Crippen molar-refractivity contribution >= 4 is 5.91 Å². The molecule has 1 aliphatic heterocycles. The topological polar surface area (TPSA) is 49.8 Å². The SMILES string of the molecule is COCCC1(C(=O)N2CCC(C(C)O)C2)CCCC1. The second-order valence-electron chi connectivity index (χ2n) is 6.27. The van der Waals surface area contributed by atoms with Gasteiger partial charge in [-0.15, -0.1) is 0 Å². The summed E-state index contributed by atoms with van der Waals surface area (Å²) in [6, 6.07) is 0. The van der Waals surface area contributed by atoms with Crippen LogP contribution in [0, 0.1) is 11.3 Å². The monoisotopic (exact) mass is 269 g/mol. The number of amides is 1. The predicted octanol–water partition coefficient (Wildman–Crippen LogP) is 1.81. The number of rotatable bonds is 5. The van der Waals surface area contributed by atoms with Crippen LogP contribution in [0.15, 0.2) is 0 Å². The van der Waals surface area contributed by atoms with E-state index >= 15 is 0 Å². The van der Waals surface area contributed by atoms with Gasteiger partial charge in [0.05, 0.1) is 11.5 Å². The van der Waals surface area contributed by atoms with Crippen LogP contribution in [0.3, 0.4) is 0 Å². The number of aliphatic hydroxyl groups excluding tert-OH is 1. The van der Waals surface area contributed by atoms with Crippen molar-refractivity contribution in [2.24, 2.45) is 11.3 Å². The third-order valence-electron chi connectivity index (χ3n) is 4.99. The molecule has 0 aromatic carbocycles. The normalized spacial score (nSPS) is 27.7. The van der Waals surface area contributed by atoms with Crippen molar-refractivity contribution in [2.75, 3.05) is 26.8 Å². The van der Waals surface area contributed by atoms with Crippen LogP contribution in [0.1, 0.15) is 45.4 Å². The number of carbonyl (C=O) groups is 1. The summed E-state index contributed by atoms with van der Waals surface area (Å²) in [6.45, 7) is 4.03. The van der Waals surface area contributed by atoms with Gasteiger partial charge in [0.2, 0.25) is 5.91 Å². The summed E-state index contributed by atoms with van der Waals surface area (Å²) in [7, 11) is 1.70. The van der Waals surface area contributed by atoms with E-state index in [9.17, 15) is 9.90 Å². The van der Waals surface area contributed by atoms with E-state index in [-0.39, 0.29) is 17.4 Å². The van der Waals surface area contributed by atoms with Crippen LogP contribution in [-0.2, 0) is 9.53 Å². The number of methoxy groups -OCH3 is 1. The third kappa shape index (κ3) is 3.11. The first-order valence-electron chi connectivity index (χ1n) is 7.55. The Morgan fingerprint density at radius 3 is 2.68 bits per heavy atom. The van der Waals surface area contributed by atoms with E-state index in [1.807, 2.05) is 11.8 Å². The molecule has 0 aromatic heterocycles. The van der Waals surface area contributed by atoms with Gasteiger partial charge in [0.15, 0.2) is 0 Å². The molecule has 0 aromatic rings. The van der Waals surface area contributed by atoms with E-state index in [1.165, 1.54) is 0 Å². The molecule has 0 bridgehead atoms. The predicted molar refractivity (Wildman–Crippen MR) is 73.8 cm³/mol.